The highest BCUT2D eigenvalue weighted by Gasteiger charge is 2.24. The Balaban J connectivity index is 1.80. The van der Waals surface area contributed by atoms with Gasteiger partial charge in [0, 0.05) is 40.8 Å². The maximum absolute atomic E-state index is 13.0. The highest BCUT2D eigenvalue weighted by Crippen LogP contribution is 2.29. The predicted molar refractivity (Wildman–Crippen MR) is 110 cm³/mol. The van der Waals surface area contributed by atoms with Crippen molar-refractivity contribution in [3.05, 3.63) is 71.6 Å². The van der Waals surface area contributed by atoms with Crippen LogP contribution in [0.4, 0.5) is 0 Å². The van der Waals surface area contributed by atoms with Gasteiger partial charge < -0.3 is 0 Å². The molecule has 0 unspecified atom stereocenters. The molecular formula is C20H23N3O2S2. The van der Waals surface area contributed by atoms with Gasteiger partial charge in [-0.05, 0) is 23.6 Å². The second-order valence-electron chi connectivity index (χ2n) is 6.82. The maximum Gasteiger partial charge on any atom is 0.218 e. The molecule has 0 aliphatic heterocycles. The number of hydrogen-bond donors (Lipinski definition) is 0. The lowest BCUT2D eigenvalue weighted by Crippen LogP contribution is -2.34. The molecule has 2 aromatic heterocycles. The molecule has 0 saturated carbocycles. The van der Waals surface area contributed by atoms with Gasteiger partial charge in [0.2, 0.25) is 10.0 Å². The van der Waals surface area contributed by atoms with Crippen molar-refractivity contribution < 1.29 is 8.42 Å². The van der Waals surface area contributed by atoms with E-state index in [1.165, 1.54) is 6.33 Å². The van der Waals surface area contributed by atoms with Crippen LogP contribution >= 0.6 is 11.3 Å². The van der Waals surface area contributed by atoms with Crippen LogP contribution in [0.3, 0.4) is 0 Å². The Morgan fingerprint density at radius 1 is 1.04 bits per heavy atom. The van der Waals surface area contributed by atoms with E-state index in [4.69, 9.17) is 0 Å². The normalized spacial score (nSPS) is 12.0. The molecule has 0 atom stereocenters. The molecule has 0 saturated heterocycles. The van der Waals surface area contributed by atoms with Gasteiger partial charge >= 0.3 is 0 Å². The van der Waals surface area contributed by atoms with Crippen LogP contribution in [0.25, 0.3) is 10.4 Å². The van der Waals surface area contributed by atoms with Crippen LogP contribution in [0, 0.1) is 5.92 Å². The first-order valence-corrected chi connectivity index (χ1v) is 11.2. The largest absolute Gasteiger partial charge is 0.244 e. The lowest BCUT2D eigenvalue weighted by Gasteiger charge is -2.23. The second kappa shape index (κ2) is 8.73. The Morgan fingerprint density at radius 3 is 2.41 bits per heavy atom. The van der Waals surface area contributed by atoms with Crippen molar-refractivity contribution in [1.82, 2.24) is 14.3 Å². The number of hydrogen-bond acceptors (Lipinski definition) is 5. The van der Waals surface area contributed by atoms with Gasteiger partial charge in [-0.2, -0.15) is 4.31 Å². The minimum atomic E-state index is -3.41. The van der Waals surface area contributed by atoms with Crippen molar-refractivity contribution in [1.29, 1.82) is 0 Å². The first kappa shape index (κ1) is 19.7. The summed E-state index contributed by atoms with van der Waals surface area (Å²) in [6.07, 6.45) is 5.03. The third-order valence-corrected chi connectivity index (χ3v) is 6.88. The van der Waals surface area contributed by atoms with E-state index in [9.17, 15) is 8.42 Å². The Morgan fingerprint density at radius 2 is 1.74 bits per heavy atom. The average Bonchev–Trinajstić information content (AvgIpc) is 3.11. The van der Waals surface area contributed by atoms with Crippen LogP contribution in [0.2, 0.25) is 0 Å². The second-order valence-corrected chi connectivity index (χ2v) is 9.96. The molecule has 0 amide bonds. The highest BCUT2D eigenvalue weighted by atomic mass is 32.2. The van der Waals surface area contributed by atoms with E-state index in [1.54, 1.807) is 28.0 Å². The Hall–Kier alpha value is -2.09. The van der Waals surface area contributed by atoms with E-state index in [1.807, 2.05) is 56.3 Å². The average molecular weight is 402 g/mol. The molecule has 0 N–H and O–H groups in total. The van der Waals surface area contributed by atoms with Crippen molar-refractivity contribution in [3.8, 4) is 10.4 Å². The Labute approximate surface area is 164 Å². The van der Waals surface area contributed by atoms with Gasteiger partial charge in [0.15, 0.2) is 0 Å². The molecular weight excluding hydrogens is 378 g/mol. The van der Waals surface area contributed by atoms with Crippen LogP contribution in [-0.4, -0.2) is 29.2 Å². The lowest BCUT2D eigenvalue weighted by atomic mass is 10.2. The van der Waals surface area contributed by atoms with Gasteiger partial charge in [0.25, 0.3) is 0 Å². The minimum Gasteiger partial charge on any atom is -0.244 e. The quantitative estimate of drug-likeness (QED) is 0.568. The molecule has 7 heteroatoms. The molecule has 0 aliphatic rings. The third kappa shape index (κ3) is 5.45. The van der Waals surface area contributed by atoms with E-state index in [0.29, 0.717) is 13.1 Å². The van der Waals surface area contributed by atoms with Gasteiger partial charge in [-0.3, -0.25) is 0 Å². The zero-order valence-corrected chi connectivity index (χ0v) is 17.1. The summed E-state index contributed by atoms with van der Waals surface area (Å²) >= 11 is 1.58. The van der Waals surface area contributed by atoms with E-state index < -0.39 is 10.0 Å². The summed E-state index contributed by atoms with van der Waals surface area (Å²) < 4.78 is 27.7. The molecule has 5 nitrogen and oxygen atoms in total. The van der Waals surface area contributed by atoms with Crippen molar-refractivity contribution >= 4 is 21.4 Å². The van der Waals surface area contributed by atoms with Crippen molar-refractivity contribution in [2.45, 2.75) is 26.1 Å². The summed E-state index contributed by atoms with van der Waals surface area (Å²) in [5.41, 5.74) is 1.75. The summed E-state index contributed by atoms with van der Waals surface area (Å²) in [4.78, 5) is 10.1. The smallest absolute Gasteiger partial charge is 0.218 e. The van der Waals surface area contributed by atoms with Gasteiger partial charge in [0.05, 0.1) is 5.75 Å². The molecule has 142 valence electrons. The Kier molecular flexibility index (Phi) is 6.36. The molecule has 1 aromatic carbocycles. The van der Waals surface area contributed by atoms with Gasteiger partial charge in [-0.1, -0.05) is 44.2 Å². The van der Waals surface area contributed by atoms with Crippen LogP contribution in [0.5, 0.6) is 0 Å². The van der Waals surface area contributed by atoms with Gasteiger partial charge in [-0.25, -0.2) is 18.4 Å². The number of nitrogens with zero attached hydrogens (tertiary/aromatic N) is 3. The standard InChI is InChI=1S/C20H23N3O2S2/c1-16(2)12-23(27(24,25)14-17-6-4-3-5-7-17)13-19-8-9-20(26-19)18-10-21-15-22-11-18/h3-11,15-16H,12-14H2,1-2H3. The molecule has 3 rings (SSSR count). The van der Waals surface area contributed by atoms with Crippen molar-refractivity contribution in [3.63, 3.8) is 0 Å². The summed E-state index contributed by atoms with van der Waals surface area (Å²) in [7, 11) is -3.41. The minimum absolute atomic E-state index is 0.0192. The molecule has 0 radical (unpaired) electrons. The first-order valence-electron chi connectivity index (χ1n) is 8.80. The fraction of sp³-hybridized carbons (Fsp3) is 0.300. The van der Waals surface area contributed by atoms with Crippen LogP contribution in [0.1, 0.15) is 24.3 Å². The van der Waals surface area contributed by atoms with E-state index >= 15 is 0 Å². The van der Waals surface area contributed by atoms with Gasteiger partial charge in [-0.15, -0.1) is 11.3 Å². The number of aromatic nitrogens is 2. The van der Waals surface area contributed by atoms with Gasteiger partial charge in [0.1, 0.15) is 6.33 Å². The lowest BCUT2D eigenvalue weighted by molar-refractivity contribution is 0.364. The van der Waals surface area contributed by atoms with E-state index in [0.717, 1.165) is 20.9 Å². The number of thiophene rings is 1. The highest BCUT2D eigenvalue weighted by molar-refractivity contribution is 7.88. The van der Waals surface area contributed by atoms with Crippen molar-refractivity contribution in [2.24, 2.45) is 5.92 Å². The fourth-order valence-electron chi connectivity index (χ4n) is 2.78. The summed E-state index contributed by atoms with van der Waals surface area (Å²) in [6, 6.07) is 13.3. The molecule has 0 spiro atoms. The molecule has 2 heterocycles. The molecule has 0 fully saturated rings. The first-order chi connectivity index (χ1) is 12.9. The fourth-order valence-corrected chi connectivity index (χ4v) is 5.52. The van der Waals surface area contributed by atoms with E-state index in [-0.39, 0.29) is 11.7 Å². The molecule has 27 heavy (non-hydrogen) atoms. The zero-order valence-electron chi connectivity index (χ0n) is 15.4. The SMILES string of the molecule is CC(C)CN(Cc1ccc(-c2cncnc2)s1)S(=O)(=O)Cc1ccccc1. The third-order valence-electron chi connectivity index (χ3n) is 3.99. The predicted octanol–water partition coefficient (Wildman–Crippen LogP) is 4.19. The van der Waals surface area contributed by atoms with Crippen LogP contribution in [0.15, 0.2) is 61.2 Å². The van der Waals surface area contributed by atoms with Crippen LogP contribution < -0.4 is 0 Å². The number of benzene rings is 1. The number of rotatable bonds is 8. The molecule has 3 aromatic rings. The summed E-state index contributed by atoms with van der Waals surface area (Å²) in [5, 5.41) is 0. The molecule has 0 aliphatic carbocycles. The number of sulfonamides is 1. The van der Waals surface area contributed by atoms with Crippen molar-refractivity contribution in [2.75, 3.05) is 6.54 Å². The molecule has 0 bridgehead atoms. The van der Waals surface area contributed by atoms with Crippen LogP contribution in [-0.2, 0) is 22.3 Å². The maximum atomic E-state index is 13.0. The monoisotopic (exact) mass is 401 g/mol. The summed E-state index contributed by atoms with van der Waals surface area (Å²) in [5.74, 6) is 0.267. The van der Waals surface area contributed by atoms with E-state index in [2.05, 4.69) is 9.97 Å². The topological polar surface area (TPSA) is 63.2 Å². The Bertz CT molecular complexity index is 955. The summed E-state index contributed by atoms with van der Waals surface area (Å²) in [6.45, 7) is 4.95. The zero-order chi connectivity index (χ0) is 19.3.